The molecule has 0 aromatic heterocycles. The second-order valence-electron chi connectivity index (χ2n) is 9.77. The van der Waals surface area contributed by atoms with Gasteiger partial charge in [0.15, 0.2) is 0 Å². The van der Waals surface area contributed by atoms with Crippen LogP contribution in [0.2, 0.25) is 0 Å². The van der Waals surface area contributed by atoms with Crippen LogP contribution in [0.4, 0.5) is 0 Å². The summed E-state index contributed by atoms with van der Waals surface area (Å²) in [7, 11) is 0. The lowest BCUT2D eigenvalue weighted by molar-refractivity contribution is 0.586. The Hall–Kier alpha value is -2.51. The second kappa shape index (κ2) is 10.8. The van der Waals surface area contributed by atoms with Gasteiger partial charge >= 0.3 is 0 Å². The van der Waals surface area contributed by atoms with E-state index in [0.29, 0.717) is 0 Å². The number of fused-ring (bicyclic) bond motifs is 4. The molecule has 0 nitrogen and oxygen atoms in total. The van der Waals surface area contributed by atoms with Gasteiger partial charge in [0, 0.05) is 4.90 Å². The molecule has 0 aliphatic rings. The molecule has 174 valence electrons. The Labute approximate surface area is 208 Å². The summed E-state index contributed by atoms with van der Waals surface area (Å²) < 4.78 is 0. The molecule has 0 saturated heterocycles. The van der Waals surface area contributed by atoms with E-state index in [0.717, 1.165) is 0 Å². The average Bonchev–Trinajstić information content (AvgIpc) is 2.87. The van der Waals surface area contributed by atoms with Gasteiger partial charge in [-0.3, -0.25) is 0 Å². The number of benzene rings is 5. The van der Waals surface area contributed by atoms with Crippen molar-refractivity contribution in [2.75, 3.05) is 5.75 Å². The summed E-state index contributed by atoms with van der Waals surface area (Å²) in [6.45, 7) is 4.60. The van der Waals surface area contributed by atoms with Gasteiger partial charge in [-0.05, 0) is 92.0 Å². The van der Waals surface area contributed by atoms with E-state index in [4.69, 9.17) is 0 Å². The maximum atomic E-state index is 2.43. The highest BCUT2D eigenvalue weighted by atomic mass is 32.2. The van der Waals surface area contributed by atoms with Crippen LogP contribution in [0.5, 0.6) is 0 Å². The van der Waals surface area contributed by atoms with Crippen LogP contribution in [0.25, 0.3) is 43.1 Å². The summed E-state index contributed by atoms with van der Waals surface area (Å²) in [6.07, 6.45) is 11.0. The van der Waals surface area contributed by atoms with Crippen LogP contribution in [0, 0.1) is 6.92 Å². The van der Waals surface area contributed by atoms with Crippen molar-refractivity contribution in [1.29, 1.82) is 0 Å². The number of thioether (sulfide) groups is 1. The number of aryl methyl sites for hydroxylation is 1. The molecule has 34 heavy (non-hydrogen) atoms. The minimum atomic E-state index is 1.20. The summed E-state index contributed by atoms with van der Waals surface area (Å²) >= 11 is 2.08. The van der Waals surface area contributed by atoms with E-state index in [-0.39, 0.29) is 0 Å². The van der Waals surface area contributed by atoms with Gasteiger partial charge < -0.3 is 0 Å². The fourth-order valence-corrected chi connectivity index (χ4v) is 6.53. The minimum Gasteiger partial charge on any atom is -0.125 e. The van der Waals surface area contributed by atoms with Crippen LogP contribution in [-0.2, 0) is 0 Å². The molecule has 0 fully saturated rings. The molecule has 0 aliphatic carbocycles. The fraction of sp³-hybridized carbons (Fsp3) is 0.333. The van der Waals surface area contributed by atoms with Crippen molar-refractivity contribution in [2.45, 2.75) is 70.1 Å². The first-order chi connectivity index (χ1) is 16.8. The zero-order chi connectivity index (χ0) is 23.3. The maximum Gasteiger partial charge on any atom is 0.0230 e. The fourth-order valence-electron chi connectivity index (χ4n) is 5.33. The summed E-state index contributed by atoms with van der Waals surface area (Å²) in [5, 5.41) is 11.0. The molecular formula is C33H36S. The lowest BCUT2D eigenvalue weighted by atomic mass is 9.93. The van der Waals surface area contributed by atoms with Crippen molar-refractivity contribution in [2.24, 2.45) is 0 Å². The zero-order valence-corrected chi connectivity index (χ0v) is 21.5. The van der Waals surface area contributed by atoms with Gasteiger partial charge in [-0.15, -0.1) is 11.8 Å². The molecule has 0 saturated carbocycles. The Morgan fingerprint density at radius 3 is 1.41 bits per heavy atom. The zero-order valence-electron chi connectivity index (χ0n) is 20.7. The van der Waals surface area contributed by atoms with Gasteiger partial charge in [0.25, 0.3) is 0 Å². The Bertz CT molecular complexity index is 1330. The monoisotopic (exact) mass is 464 g/mol. The van der Waals surface area contributed by atoms with E-state index in [1.807, 2.05) is 0 Å². The summed E-state index contributed by atoms with van der Waals surface area (Å²) in [5.74, 6) is 1.20. The van der Waals surface area contributed by atoms with Crippen LogP contribution in [0.1, 0.15) is 63.9 Å². The van der Waals surface area contributed by atoms with Crippen molar-refractivity contribution in [3.8, 4) is 0 Å². The normalized spacial score (nSPS) is 11.8. The highest BCUT2D eigenvalue weighted by Gasteiger charge is 2.14. The Kier molecular flexibility index (Phi) is 7.40. The van der Waals surface area contributed by atoms with Gasteiger partial charge in [-0.1, -0.05) is 100 Å². The molecule has 0 spiro atoms. The van der Waals surface area contributed by atoms with Crippen molar-refractivity contribution in [3.63, 3.8) is 0 Å². The molecule has 1 heteroatoms. The van der Waals surface area contributed by atoms with E-state index in [1.165, 1.54) is 111 Å². The van der Waals surface area contributed by atoms with E-state index < -0.39 is 0 Å². The molecule has 5 aromatic carbocycles. The molecule has 0 unspecified atom stereocenters. The van der Waals surface area contributed by atoms with Gasteiger partial charge in [-0.2, -0.15) is 0 Å². The summed E-state index contributed by atoms with van der Waals surface area (Å²) in [5.41, 5.74) is 1.40. The van der Waals surface area contributed by atoms with E-state index in [1.54, 1.807) is 0 Å². The number of rotatable bonds is 10. The molecule has 0 bridgehead atoms. The standard InChI is InChI=1S/C33H36S/c1-3-4-5-6-7-8-9-14-19-34-33-31-22-27-17-12-10-15-25(27)20-29(31)24(2)30-21-26-16-11-13-18-28(26)23-32(30)33/h10-13,15-18,20-23H,3-9,14,19H2,1-2H3. The van der Waals surface area contributed by atoms with Crippen molar-refractivity contribution in [1.82, 2.24) is 0 Å². The SMILES string of the molecule is CCCCCCCCCCSc1c2cc3ccccc3cc2c(C)c2cc3ccccc3cc12. The number of unbranched alkanes of at least 4 members (excludes halogenated alkanes) is 7. The van der Waals surface area contributed by atoms with Gasteiger partial charge in [0.05, 0.1) is 0 Å². The van der Waals surface area contributed by atoms with E-state index in [9.17, 15) is 0 Å². The third-order valence-corrected chi connectivity index (χ3v) is 8.53. The largest absolute Gasteiger partial charge is 0.125 e. The molecule has 5 rings (SSSR count). The van der Waals surface area contributed by atoms with Crippen LogP contribution in [0.3, 0.4) is 0 Å². The van der Waals surface area contributed by atoms with Gasteiger partial charge in [-0.25, -0.2) is 0 Å². The molecule has 0 aliphatic heterocycles. The quantitative estimate of drug-likeness (QED) is 0.112. The lowest BCUT2D eigenvalue weighted by Crippen LogP contribution is -1.91. The third kappa shape index (κ3) is 4.82. The number of hydrogen-bond donors (Lipinski definition) is 0. The molecular weight excluding hydrogens is 428 g/mol. The lowest BCUT2D eigenvalue weighted by Gasteiger charge is -2.16. The molecule has 0 radical (unpaired) electrons. The molecule has 0 amide bonds. The minimum absolute atomic E-state index is 1.20. The van der Waals surface area contributed by atoms with Gasteiger partial charge in [0.1, 0.15) is 0 Å². The molecule has 5 aromatic rings. The first-order valence-electron chi connectivity index (χ1n) is 13.2. The van der Waals surface area contributed by atoms with Crippen molar-refractivity contribution < 1.29 is 0 Å². The van der Waals surface area contributed by atoms with E-state index in [2.05, 4.69) is 98.4 Å². The topological polar surface area (TPSA) is 0 Å². The van der Waals surface area contributed by atoms with Crippen LogP contribution >= 0.6 is 11.8 Å². The van der Waals surface area contributed by atoms with Crippen LogP contribution in [0.15, 0.2) is 77.7 Å². The Balaban J connectivity index is 1.50. The Morgan fingerprint density at radius 2 is 0.941 bits per heavy atom. The van der Waals surface area contributed by atoms with Crippen LogP contribution in [-0.4, -0.2) is 5.75 Å². The third-order valence-electron chi connectivity index (χ3n) is 7.31. The summed E-state index contributed by atoms with van der Waals surface area (Å²) in [4.78, 5) is 1.47. The molecule has 0 heterocycles. The number of hydrogen-bond acceptors (Lipinski definition) is 1. The van der Waals surface area contributed by atoms with Crippen molar-refractivity contribution in [3.05, 3.63) is 78.4 Å². The summed E-state index contributed by atoms with van der Waals surface area (Å²) in [6, 6.07) is 27.3. The highest BCUT2D eigenvalue weighted by Crippen LogP contribution is 2.42. The Morgan fingerprint density at radius 1 is 0.529 bits per heavy atom. The van der Waals surface area contributed by atoms with E-state index >= 15 is 0 Å². The highest BCUT2D eigenvalue weighted by molar-refractivity contribution is 7.99. The maximum absolute atomic E-state index is 2.43. The predicted molar refractivity (Wildman–Crippen MR) is 155 cm³/mol. The molecule has 0 N–H and O–H groups in total. The first kappa shape index (κ1) is 23.2. The second-order valence-corrected chi connectivity index (χ2v) is 10.9. The van der Waals surface area contributed by atoms with Crippen LogP contribution < -0.4 is 0 Å². The average molecular weight is 465 g/mol. The van der Waals surface area contributed by atoms with Crippen molar-refractivity contribution >= 4 is 54.9 Å². The first-order valence-corrected chi connectivity index (χ1v) is 14.1. The smallest absolute Gasteiger partial charge is 0.0230 e. The van der Waals surface area contributed by atoms with Gasteiger partial charge in [0.2, 0.25) is 0 Å². The molecule has 0 atom stereocenters. The predicted octanol–water partition coefficient (Wildman–Crippen LogP) is 10.8.